The number of aryl methyl sites for hydroxylation is 1. The van der Waals surface area contributed by atoms with E-state index in [4.69, 9.17) is 5.73 Å². The smallest absolute Gasteiger partial charge is 0.0369 e. The van der Waals surface area contributed by atoms with Crippen molar-refractivity contribution >= 4 is 5.69 Å². The van der Waals surface area contributed by atoms with Gasteiger partial charge in [0.05, 0.1) is 0 Å². The molecule has 1 aromatic rings. The third kappa shape index (κ3) is 3.97. The lowest BCUT2D eigenvalue weighted by atomic mass is 9.95. The Labute approximate surface area is 123 Å². The molecule has 1 fully saturated rings. The van der Waals surface area contributed by atoms with Gasteiger partial charge in [0.1, 0.15) is 0 Å². The third-order valence-corrected chi connectivity index (χ3v) is 4.34. The van der Waals surface area contributed by atoms with E-state index in [-0.39, 0.29) is 0 Å². The molecular formula is C17H29N3. The van der Waals surface area contributed by atoms with Crippen molar-refractivity contribution in [1.82, 2.24) is 4.90 Å². The van der Waals surface area contributed by atoms with Crippen LogP contribution in [0.3, 0.4) is 0 Å². The summed E-state index contributed by atoms with van der Waals surface area (Å²) in [6, 6.07) is 6.85. The summed E-state index contributed by atoms with van der Waals surface area (Å²) in [6.45, 7) is 6.54. The zero-order chi connectivity index (χ0) is 14.5. The summed E-state index contributed by atoms with van der Waals surface area (Å²) in [5.41, 5.74) is 9.80. The first-order valence-corrected chi connectivity index (χ1v) is 7.79. The average Bonchev–Trinajstić information content (AvgIpc) is 2.41. The Bertz CT molecular complexity index is 420. The molecule has 2 rings (SSSR count). The lowest BCUT2D eigenvalue weighted by molar-refractivity contribution is 0.285. The first-order chi connectivity index (χ1) is 9.60. The highest BCUT2D eigenvalue weighted by atomic mass is 15.1. The van der Waals surface area contributed by atoms with Crippen molar-refractivity contribution < 1.29 is 0 Å². The number of benzene rings is 1. The molecule has 3 heteroatoms. The molecule has 1 aromatic carbocycles. The second-order valence-corrected chi connectivity index (χ2v) is 6.34. The molecule has 0 amide bonds. The van der Waals surface area contributed by atoms with Crippen LogP contribution in [0.5, 0.6) is 0 Å². The Morgan fingerprint density at radius 3 is 2.50 bits per heavy atom. The van der Waals surface area contributed by atoms with E-state index < -0.39 is 0 Å². The summed E-state index contributed by atoms with van der Waals surface area (Å²) >= 11 is 0. The van der Waals surface area contributed by atoms with Crippen LogP contribution in [0.25, 0.3) is 0 Å². The van der Waals surface area contributed by atoms with Gasteiger partial charge in [-0.25, -0.2) is 0 Å². The second-order valence-electron chi connectivity index (χ2n) is 6.34. The van der Waals surface area contributed by atoms with Gasteiger partial charge in [0, 0.05) is 25.3 Å². The molecule has 2 N–H and O–H groups in total. The molecule has 0 aromatic heterocycles. The fourth-order valence-corrected chi connectivity index (χ4v) is 3.20. The standard InChI is InChI=1S/C17H29N3/c1-14-12-17(5-4-16(14)6-9-18)20-10-7-15(8-11-20)13-19(2)3/h4-5,12,15H,6-11,13,18H2,1-3H3. The van der Waals surface area contributed by atoms with E-state index in [2.05, 4.69) is 49.0 Å². The molecule has 112 valence electrons. The molecule has 0 saturated carbocycles. The molecule has 1 saturated heterocycles. The highest BCUT2D eigenvalue weighted by molar-refractivity contribution is 5.51. The van der Waals surface area contributed by atoms with Crippen LogP contribution in [0.1, 0.15) is 24.0 Å². The maximum absolute atomic E-state index is 5.65. The number of rotatable bonds is 5. The number of hydrogen-bond donors (Lipinski definition) is 1. The molecule has 0 aliphatic carbocycles. The molecular weight excluding hydrogens is 246 g/mol. The van der Waals surface area contributed by atoms with Crippen molar-refractivity contribution in [2.45, 2.75) is 26.2 Å². The van der Waals surface area contributed by atoms with E-state index in [9.17, 15) is 0 Å². The van der Waals surface area contributed by atoms with Gasteiger partial charge in [-0.3, -0.25) is 0 Å². The van der Waals surface area contributed by atoms with Crippen molar-refractivity contribution in [2.24, 2.45) is 11.7 Å². The minimum Gasteiger partial charge on any atom is -0.372 e. The second kappa shape index (κ2) is 7.09. The molecule has 1 aliphatic rings. The minimum atomic E-state index is 0.732. The molecule has 0 spiro atoms. The van der Waals surface area contributed by atoms with E-state index in [1.54, 1.807) is 0 Å². The van der Waals surface area contributed by atoms with Crippen LogP contribution in [-0.4, -0.2) is 45.2 Å². The summed E-state index contributed by atoms with van der Waals surface area (Å²) < 4.78 is 0. The van der Waals surface area contributed by atoms with Crippen LogP contribution in [0.15, 0.2) is 18.2 Å². The van der Waals surface area contributed by atoms with E-state index in [1.165, 1.54) is 49.3 Å². The lowest BCUT2D eigenvalue weighted by Crippen LogP contribution is -2.37. The van der Waals surface area contributed by atoms with Crippen molar-refractivity contribution in [3.63, 3.8) is 0 Å². The van der Waals surface area contributed by atoms with Gasteiger partial charge in [-0.05, 0) is 76.0 Å². The number of anilines is 1. The van der Waals surface area contributed by atoms with E-state index in [0.717, 1.165) is 18.9 Å². The molecule has 3 nitrogen and oxygen atoms in total. The fourth-order valence-electron chi connectivity index (χ4n) is 3.20. The van der Waals surface area contributed by atoms with Crippen LogP contribution >= 0.6 is 0 Å². The zero-order valence-electron chi connectivity index (χ0n) is 13.2. The zero-order valence-corrected chi connectivity index (χ0v) is 13.2. The summed E-state index contributed by atoms with van der Waals surface area (Å²) in [5.74, 6) is 0.860. The van der Waals surface area contributed by atoms with Gasteiger partial charge < -0.3 is 15.5 Å². The van der Waals surface area contributed by atoms with Gasteiger partial charge >= 0.3 is 0 Å². The van der Waals surface area contributed by atoms with Gasteiger partial charge in [-0.1, -0.05) is 6.07 Å². The molecule has 1 aliphatic heterocycles. The van der Waals surface area contributed by atoms with Crippen molar-refractivity contribution in [2.75, 3.05) is 45.2 Å². The Morgan fingerprint density at radius 2 is 1.95 bits per heavy atom. The number of piperidine rings is 1. The van der Waals surface area contributed by atoms with Crippen LogP contribution < -0.4 is 10.6 Å². The summed E-state index contributed by atoms with van der Waals surface area (Å²) in [5, 5.41) is 0. The third-order valence-electron chi connectivity index (χ3n) is 4.34. The van der Waals surface area contributed by atoms with Crippen LogP contribution in [0, 0.1) is 12.8 Å². The molecule has 0 bridgehead atoms. The molecule has 0 radical (unpaired) electrons. The molecule has 0 unspecified atom stereocenters. The van der Waals surface area contributed by atoms with Crippen molar-refractivity contribution in [3.05, 3.63) is 29.3 Å². The van der Waals surface area contributed by atoms with Crippen molar-refractivity contribution in [1.29, 1.82) is 0 Å². The first-order valence-electron chi connectivity index (χ1n) is 7.79. The Hall–Kier alpha value is -1.06. The highest BCUT2D eigenvalue weighted by Crippen LogP contribution is 2.25. The summed E-state index contributed by atoms with van der Waals surface area (Å²) in [6.07, 6.45) is 3.60. The van der Waals surface area contributed by atoms with Crippen LogP contribution in [-0.2, 0) is 6.42 Å². The minimum absolute atomic E-state index is 0.732. The number of nitrogens with zero attached hydrogens (tertiary/aromatic N) is 2. The van der Waals surface area contributed by atoms with Gasteiger partial charge in [0.25, 0.3) is 0 Å². The molecule has 0 atom stereocenters. The van der Waals surface area contributed by atoms with Gasteiger partial charge in [0.15, 0.2) is 0 Å². The summed E-state index contributed by atoms with van der Waals surface area (Å²) in [4.78, 5) is 4.84. The molecule has 20 heavy (non-hydrogen) atoms. The predicted octanol–water partition coefficient (Wildman–Crippen LogP) is 2.27. The van der Waals surface area contributed by atoms with Gasteiger partial charge in [0.2, 0.25) is 0 Å². The molecule has 1 heterocycles. The van der Waals surface area contributed by atoms with Crippen LogP contribution in [0.4, 0.5) is 5.69 Å². The topological polar surface area (TPSA) is 32.5 Å². The SMILES string of the molecule is Cc1cc(N2CCC(CN(C)C)CC2)ccc1CCN. The largest absolute Gasteiger partial charge is 0.372 e. The quantitative estimate of drug-likeness (QED) is 0.895. The van der Waals surface area contributed by atoms with Crippen LogP contribution in [0.2, 0.25) is 0 Å². The number of hydrogen-bond acceptors (Lipinski definition) is 3. The monoisotopic (exact) mass is 275 g/mol. The first kappa shape index (κ1) is 15.3. The van der Waals surface area contributed by atoms with E-state index >= 15 is 0 Å². The normalized spacial score (nSPS) is 16.9. The van der Waals surface area contributed by atoms with Crippen molar-refractivity contribution in [3.8, 4) is 0 Å². The Balaban J connectivity index is 1.95. The fraction of sp³-hybridized carbons (Fsp3) is 0.647. The van der Waals surface area contributed by atoms with Gasteiger partial charge in [-0.15, -0.1) is 0 Å². The summed E-state index contributed by atoms with van der Waals surface area (Å²) in [7, 11) is 4.35. The van der Waals surface area contributed by atoms with E-state index in [0.29, 0.717) is 0 Å². The number of nitrogens with two attached hydrogens (primary N) is 1. The average molecular weight is 275 g/mol. The lowest BCUT2D eigenvalue weighted by Gasteiger charge is -2.35. The maximum Gasteiger partial charge on any atom is 0.0369 e. The van der Waals surface area contributed by atoms with Gasteiger partial charge in [-0.2, -0.15) is 0 Å². The Kier molecular flexibility index (Phi) is 5.44. The maximum atomic E-state index is 5.65. The van der Waals surface area contributed by atoms with E-state index in [1.807, 2.05) is 0 Å². The predicted molar refractivity (Wildman–Crippen MR) is 87.4 cm³/mol. The Morgan fingerprint density at radius 1 is 1.25 bits per heavy atom. The highest BCUT2D eigenvalue weighted by Gasteiger charge is 2.20.